The van der Waals surface area contributed by atoms with Gasteiger partial charge in [0, 0.05) is 5.56 Å². The Morgan fingerprint density at radius 3 is 2.57 bits per heavy atom. The Hall–Kier alpha value is -1.72. The van der Waals surface area contributed by atoms with Crippen molar-refractivity contribution in [3.63, 3.8) is 0 Å². The van der Waals surface area contributed by atoms with E-state index >= 15 is 0 Å². The summed E-state index contributed by atoms with van der Waals surface area (Å²) in [4.78, 5) is 26.0. The van der Waals surface area contributed by atoms with Crippen LogP contribution in [0.4, 0.5) is 5.69 Å². The molecule has 0 atom stereocenters. The van der Waals surface area contributed by atoms with E-state index in [1.165, 1.54) is 6.92 Å². The summed E-state index contributed by atoms with van der Waals surface area (Å²) >= 11 is 0. The molecule has 126 valence electrons. The number of ketones is 1. The normalized spacial score (nSPS) is 16.3. The highest BCUT2D eigenvalue weighted by Gasteiger charge is 2.20. The Balaban J connectivity index is 1.81. The maximum absolute atomic E-state index is 12.2. The predicted octanol–water partition coefficient (Wildman–Crippen LogP) is 2.15. The van der Waals surface area contributed by atoms with Crippen LogP contribution in [0.5, 0.6) is 0 Å². The number of carbonyl (C=O) groups excluding carboxylic acids is 2. The van der Waals surface area contributed by atoms with Gasteiger partial charge in [-0.2, -0.15) is 0 Å². The van der Waals surface area contributed by atoms with Gasteiger partial charge in [-0.25, -0.2) is 0 Å². The van der Waals surface area contributed by atoms with Gasteiger partial charge in [-0.05, 0) is 64.0 Å². The Kier molecular flexibility index (Phi) is 6.74. The number of amides is 1. The largest absolute Gasteiger partial charge is 0.324 e. The van der Waals surface area contributed by atoms with Crippen molar-refractivity contribution in [1.82, 2.24) is 10.2 Å². The van der Waals surface area contributed by atoms with Gasteiger partial charge in [0.2, 0.25) is 5.91 Å². The smallest absolute Gasteiger partial charge is 0.238 e. The highest BCUT2D eigenvalue weighted by molar-refractivity contribution is 6.04. The SMILES string of the molecule is CCNCC1CCN(CC(=O)Nc2ccccc2C(C)=O)CC1. The molecular formula is C18H27N3O2. The molecule has 0 radical (unpaired) electrons. The Morgan fingerprint density at radius 2 is 1.91 bits per heavy atom. The van der Waals surface area contributed by atoms with Crippen LogP contribution >= 0.6 is 0 Å². The summed E-state index contributed by atoms with van der Waals surface area (Å²) in [5.74, 6) is 0.627. The van der Waals surface area contributed by atoms with Gasteiger partial charge in [-0.1, -0.05) is 19.1 Å². The fourth-order valence-electron chi connectivity index (χ4n) is 2.99. The minimum atomic E-state index is -0.0520. The number of para-hydroxylation sites is 1. The molecule has 0 aliphatic carbocycles. The van der Waals surface area contributed by atoms with Crippen molar-refractivity contribution in [3.8, 4) is 0 Å². The molecule has 0 aromatic heterocycles. The summed E-state index contributed by atoms with van der Waals surface area (Å²) in [5, 5.41) is 6.26. The number of hydrogen-bond acceptors (Lipinski definition) is 4. The summed E-state index contributed by atoms with van der Waals surface area (Å²) in [5.41, 5.74) is 1.16. The third-order valence-corrected chi connectivity index (χ3v) is 4.34. The second-order valence-electron chi connectivity index (χ2n) is 6.18. The lowest BCUT2D eigenvalue weighted by Gasteiger charge is -2.31. The first-order valence-electron chi connectivity index (χ1n) is 8.43. The summed E-state index contributed by atoms with van der Waals surface area (Å²) in [6.45, 7) is 8.02. The van der Waals surface area contributed by atoms with Crippen molar-refractivity contribution >= 4 is 17.4 Å². The van der Waals surface area contributed by atoms with Crippen molar-refractivity contribution in [1.29, 1.82) is 0 Å². The van der Waals surface area contributed by atoms with Crippen molar-refractivity contribution in [2.45, 2.75) is 26.7 Å². The molecule has 5 heteroatoms. The van der Waals surface area contributed by atoms with Crippen molar-refractivity contribution in [3.05, 3.63) is 29.8 Å². The molecule has 1 aromatic carbocycles. The molecular weight excluding hydrogens is 290 g/mol. The van der Waals surface area contributed by atoms with E-state index in [0.29, 0.717) is 23.7 Å². The van der Waals surface area contributed by atoms with Gasteiger partial charge in [0.25, 0.3) is 0 Å². The first-order chi connectivity index (χ1) is 11.1. The van der Waals surface area contributed by atoms with E-state index in [4.69, 9.17) is 0 Å². The van der Waals surface area contributed by atoms with Gasteiger partial charge in [-0.15, -0.1) is 0 Å². The zero-order valence-corrected chi connectivity index (χ0v) is 14.1. The Bertz CT molecular complexity index is 537. The average molecular weight is 317 g/mol. The molecule has 5 nitrogen and oxygen atoms in total. The van der Waals surface area contributed by atoms with Gasteiger partial charge >= 0.3 is 0 Å². The van der Waals surface area contributed by atoms with Crippen molar-refractivity contribution in [2.75, 3.05) is 38.0 Å². The van der Waals surface area contributed by atoms with Crippen LogP contribution < -0.4 is 10.6 Å². The van der Waals surface area contributed by atoms with E-state index in [0.717, 1.165) is 39.0 Å². The van der Waals surface area contributed by atoms with Crippen LogP contribution in [-0.2, 0) is 4.79 Å². The lowest BCUT2D eigenvalue weighted by atomic mass is 9.97. The number of hydrogen-bond donors (Lipinski definition) is 2. The molecule has 2 rings (SSSR count). The van der Waals surface area contributed by atoms with E-state index in [-0.39, 0.29) is 11.7 Å². The monoisotopic (exact) mass is 317 g/mol. The Morgan fingerprint density at radius 1 is 1.22 bits per heavy atom. The van der Waals surface area contributed by atoms with Gasteiger partial charge in [0.1, 0.15) is 0 Å². The van der Waals surface area contributed by atoms with E-state index in [1.807, 2.05) is 12.1 Å². The molecule has 1 aliphatic heterocycles. The fourth-order valence-corrected chi connectivity index (χ4v) is 2.99. The van der Waals surface area contributed by atoms with Gasteiger partial charge < -0.3 is 10.6 Å². The molecule has 1 fully saturated rings. The maximum atomic E-state index is 12.2. The Labute approximate surface area is 138 Å². The van der Waals surface area contributed by atoms with Crippen LogP contribution in [-0.4, -0.2) is 49.3 Å². The third-order valence-electron chi connectivity index (χ3n) is 4.34. The average Bonchev–Trinajstić information content (AvgIpc) is 2.54. The predicted molar refractivity (Wildman–Crippen MR) is 92.8 cm³/mol. The number of carbonyl (C=O) groups is 2. The number of likely N-dealkylation sites (tertiary alicyclic amines) is 1. The van der Waals surface area contributed by atoms with Gasteiger partial charge in [0.05, 0.1) is 12.2 Å². The van der Waals surface area contributed by atoms with Crippen LogP contribution in [0.15, 0.2) is 24.3 Å². The zero-order chi connectivity index (χ0) is 16.7. The summed E-state index contributed by atoms with van der Waals surface area (Å²) in [6, 6.07) is 7.15. The highest BCUT2D eigenvalue weighted by Crippen LogP contribution is 2.18. The minimum absolute atomic E-state index is 0.0369. The highest BCUT2D eigenvalue weighted by atomic mass is 16.2. The minimum Gasteiger partial charge on any atom is -0.324 e. The van der Waals surface area contributed by atoms with Crippen LogP contribution in [0.2, 0.25) is 0 Å². The molecule has 23 heavy (non-hydrogen) atoms. The molecule has 1 saturated heterocycles. The lowest BCUT2D eigenvalue weighted by molar-refractivity contribution is -0.117. The van der Waals surface area contributed by atoms with Crippen LogP contribution in [0, 0.1) is 5.92 Å². The van der Waals surface area contributed by atoms with Crippen LogP contribution in [0.3, 0.4) is 0 Å². The number of benzene rings is 1. The second kappa shape index (κ2) is 8.79. The first kappa shape index (κ1) is 17.6. The molecule has 0 bridgehead atoms. The summed E-state index contributed by atoms with van der Waals surface area (Å²) in [6.07, 6.45) is 2.26. The summed E-state index contributed by atoms with van der Waals surface area (Å²) < 4.78 is 0. The number of Topliss-reactive ketones (excluding diaryl/α,β-unsaturated/α-hetero) is 1. The number of anilines is 1. The lowest BCUT2D eigenvalue weighted by Crippen LogP contribution is -2.41. The molecule has 1 amide bonds. The molecule has 1 aliphatic rings. The molecule has 1 heterocycles. The quantitative estimate of drug-likeness (QED) is 0.757. The molecule has 2 N–H and O–H groups in total. The second-order valence-corrected chi connectivity index (χ2v) is 6.18. The number of rotatable bonds is 7. The first-order valence-corrected chi connectivity index (χ1v) is 8.43. The molecule has 0 saturated carbocycles. The molecule has 1 aromatic rings. The number of piperidine rings is 1. The van der Waals surface area contributed by atoms with E-state index < -0.39 is 0 Å². The van der Waals surface area contributed by atoms with E-state index in [2.05, 4.69) is 22.5 Å². The number of nitrogens with one attached hydrogen (secondary N) is 2. The fraction of sp³-hybridized carbons (Fsp3) is 0.556. The molecule has 0 spiro atoms. The van der Waals surface area contributed by atoms with E-state index in [9.17, 15) is 9.59 Å². The van der Waals surface area contributed by atoms with Crippen LogP contribution in [0.1, 0.15) is 37.0 Å². The maximum Gasteiger partial charge on any atom is 0.238 e. The third kappa shape index (κ3) is 5.44. The molecule has 0 unspecified atom stereocenters. The van der Waals surface area contributed by atoms with Gasteiger partial charge in [0.15, 0.2) is 5.78 Å². The summed E-state index contributed by atoms with van der Waals surface area (Å²) in [7, 11) is 0. The van der Waals surface area contributed by atoms with Crippen molar-refractivity contribution in [2.24, 2.45) is 5.92 Å². The standard InChI is InChI=1S/C18H27N3O2/c1-3-19-12-15-8-10-21(11-9-15)13-18(23)20-17-7-5-4-6-16(17)14(2)22/h4-7,15,19H,3,8-13H2,1-2H3,(H,20,23). The topological polar surface area (TPSA) is 61.4 Å². The zero-order valence-electron chi connectivity index (χ0n) is 14.1. The number of nitrogens with zero attached hydrogens (tertiary/aromatic N) is 1. The van der Waals surface area contributed by atoms with Crippen LogP contribution in [0.25, 0.3) is 0 Å². The van der Waals surface area contributed by atoms with E-state index in [1.54, 1.807) is 12.1 Å². The van der Waals surface area contributed by atoms with Crippen molar-refractivity contribution < 1.29 is 9.59 Å². The van der Waals surface area contributed by atoms with Gasteiger partial charge in [-0.3, -0.25) is 14.5 Å².